The lowest BCUT2D eigenvalue weighted by molar-refractivity contribution is 0.101. The van der Waals surface area contributed by atoms with Crippen LogP contribution in [0.1, 0.15) is 56.8 Å². The maximum atomic E-state index is 13.2. The maximum Gasteiger partial charge on any atom is 0.243 e. The molecular weight excluding hydrogens is 510 g/mol. The standard InChI is InChI=1S/C27H37N3O5S2/c1-20-15-21(2)19-29(18-20)36(32,33)26-9-6-8-23(16-26)27(31)17-28-24-10-12-25(13-11-24)37(34,35)30-14-5-4-7-22(30)3/h6,8-13,16,20-22,28H,4-5,7,14-15,17-19H2,1-3H3. The van der Waals surface area contributed by atoms with E-state index in [1.807, 2.05) is 6.92 Å². The van der Waals surface area contributed by atoms with Gasteiger partial charge < -0.3 is 5.32 Å². The fourth-order valence-electron chi connectivity index (χ4n) is 5.37. The number of nitrogens with zero attached hydrogens (tertiary/aromatic N) is 2. The first kappa shape index (κ1) is 27.8. The van der Waals surface area contributed by atoms with Crippen LogP contribution in [0.2, 0.25) is 0 Å². The fraction of sp³-hybridized carbons (Fsp3) is 0.519. The van der Waals surface area contributed by atoms with Gasteiger partial charge in [-0.2, -0.15) is 8.61 Å². The van der Waals surface area contributed by atoms with Crippen molar-refractivity contribution in [2.75, 3.05) is 31.5 Å². The molecular formula is C27H37N3O5S2. The van der Waals surface area contributed by atoms with E-state index in [1.54, 1.807) is 40.7 Å². The smallest absolute Gasteiger partial charge is 0.243 e. The monoisotopic (exact) mass is 547 g/mol. The summed E-state index contributed by atoms with van der Waals surface area (Å²) >= 11 is 0. The minimum Gasteiger partial charge on any atom is -0.378 e. The van der Waals surface area contributed by atoms with E-state index in [2.05, 4.69) is 19.2 Å². The molecule has 3 unspecified atom stereocenters. The third-order valence-electron chi connectivity index (χ3n) is 7.29. The van der Waals surface area contributed by atoms with Gasteiger partial charge in [0.1, 0.15) is 0 Å². The van der Waals surface area contributed by atoms with Gasteiger partial charge in [-0.25, -0.2) is 16.8 Å². The molecule has 1 N–H and O–H groups in total. The summed E-state index contributed by atoms with van der Waals surface area (Å²) in [6, 6.07) is 12.6. The number of ketones is 1. The quantitative estimate of drug-likeness (QED) is 0.497. The summed E-state index contributed by atoms with van der Waals surface area (Å²) in [6.45, 7) is 7.49. The van der Waals surface area contributed by atoms with Gasteiger partial charge >= 0.3 is 0 Å². The Bertz CT molecular complexity index is 1320. The molecule has 2 saturated heterocycles. The first-order chi connectivity index (χ1) is 17.5. The van der Waals surface area contributed by atoms with Gasteiger partial charge in [0, 0.05) is 36.9 Å². The van der Waals surface area contributed by atoms with Crippen LogP contribution in [0.25, 0.3) is 0 Å². The highest BCUT2D eigenvalue weighted by molar-refractivity contribution is 7.89. The van der Waals surface area contributed by atoms with Crippen LogP contribution < -0.4 is 5.32 Å². The molecule has 2 aliphatic rings. The Morgan fingerprint density at radius 1 is 0.892 bits per heavy atom. The third kappa shape index (κ3) is 6.25. The van der Waals surface area contributed by atoms with Crippen LogP contribution in [-0.2, 0) is 20.0 Å². The Kier molecular flexibility index (Phi) is 8.42. The van der Waals surface area contributed by atoms with Gasteiger partial charge in [0.15, 0.2) is 5.78 Å². The number of piperidine rings is 2. The molecule has 2 heterocycles. The minimum atomic E-state index is -3.68. The van der Waals surface area contributed by atoms with Gasteiger partial charge in [0.25, 0.3) is 0 Å². The van der Waals surface area contributed by atoms with Crippen molar-refractivity contribution in [1.82, 2.24) is 8.61 Å². The molecule has 202 valence electrons. The van der Waals surface area contributed by atoms with E-state index in [1.165, 1.54) is 16.4 Å². The van der Waals surface area contributed by atoms with Gasteiger partial charge in [0.2, 0.25) is 20.0 Å². The molecule has 0 aromatic heterocycles. The zero-order valence-corrected chi connectivity index (χ0v) is 23.4. The molecule has 0 spiro atoms. The molecule has 2 fully saturated rings. The molecule has 8 nitrogen and oxygen atoms in total. The Morgan fingerprint density at radius 3 is 2.22 bits per heavy atom. The predicted molar refractivity (Wildman–Crippen MR) is 145 cm³/mol. The van der Waals surface area contributed by atoms with E-state index in [0.717, 1.165) is 25.7 Å². The van der Waals surface area contributed by atoms with Crippen LogP contribution in [0.4, 0.5) is 5.69 Å². The van der Waals surface area contributed by atoms with Crippen molar-refractivity contribution >= 4 is 31.5 Å². The van der Waals surface area contributed by atoms with E-state index in [4.69, 9.17) is 0 Å². The summed E-state index contributed by atoms with van der Waals surface area (Å²) in [5.41, 5.74) is 0.920. The van der Waals surface area contributed by atoms with E-state index in [9.17, 15) is 21.6 Å². The highest BCUT2D eigenvalue weighted by atomic mass is 32.2. The molecule has 0 radical (unpaired) electrons. The SMILES string of the molecule is CC1CC(C)CN(S(=O)(=O)c2cccc(C(=O)CNc3ccc(S(=O)(=O)N4CCCCC4C)cc3)c2)C1. The number of carbonyl (C=O) groups is 1. The van der Waals surface area contributed by atoms with Crippen LogP contribution >= 0.6 is 0 Å². The normalized spacial score (nSPS) is 24.0. The van der Waals surface area contributed by atoms with Crippen molar-refractivity contribution in [2.24, 2.45) is 11.8 Å². The lowest BCUT2D eigenvalue weighted by Crippen LogP contribution is -2.42. The molecule has 2 aromatic rings. The predicted octanol–water partition coefficient (Wildman–Crippen LogP) is 4.21. The number of carbonyl (C=O) groups excluding carboxylic acids is 1. The number of nitrogens with one attached hydrogen (secondary N) is 1. The van der Waals surface area contributed by atoms with Crippen LogP contribution in [-0.4, -0.2) is 63.5 Å². The Balaban J connectivity index is 1.41. The number of anilines is 1. The Labute approximate surface area is 221 Å². The lowest BCUT2D eigenvalue weighted by atomic mass is 9.94. The summed E-state index contributed by atoms with van der Waals surface area (Å²) in [7, 11) is -7.24. The number of hydrogen-bond acceptors (Lipinski definition) is 6. The molecule has 0 bridgehead atoms. The number of benzene rings is 2. The number of rotatable bonds is 8. The molecule has 0 amide bonds. The van der Waals surface area contributed by atoms with Gasteiger partial charge in [0.05, 0.1) is 16.3 Å². The molecule has 0 saturated carbocycles. The topological polar surface area (TPSA) is 104 Å². The van der Waals surface area contributed by atoms with Crippen LogP contribution in [0.3, 0.4) is 0 Å². The van der Waals surface area contributed by atoms with E-state index >= 15 is 0 Å². The average molecular weight is 548 g/mol. The second-order valence-electron chi connectivity index (χ2n) is 10.6. The maximum absolute atomic E-state index is 13.2. The van der Waals surface area contributed by atoms with Crippen molar-refractivity contribution in [1.29, 1.82) is 0 Å². The third-order valence-corrected chi connectivity index (χ3v) is 11.1. The minimum absolute atomic E-state index is 0.0181. The van der Waals surface area contributed by atoms with Crippen molar-refractivity contribution in [2.45, 2.75) is 62.3 Å². The van der Waals surface area contributed by atoms with Crippen LogP contribution in [0, 0.1) is 11.8 Å². The molecule has 3 atom stereocenters. The highest BCUT2D eigenvalue weighted by Crippen LogP contribution is 2.28. The van der Waals surface area contributed by atoms with Crippen molar-refractivity contribution in [3.8, 4) is 0 Å². The fourth-order valence-corrected chi connectivity index (χ4v) is 8.80. The van der Waals surface area contributed by atoms with Gasteiger partial charge in [-0.3, -0.25) is 4.79 Å². The zero-order valence-electron chi connectivity index (χ0n) is 21.8. The lowest BCUT2D eigenvalue weighted by Gasteiger charge is -2.34. The second kappa shape index (κ2) is 11.2. The number of Topliss-reactive ketones (excluding diaryl/α,β-unsaturated/α-hetero) is 1. The van der Waals surface area contributed by atoms with Crippen molar-refractivity contribution in [3.05, 3.63) is 54.1 Å². The summed E-state index contributed by atoms with van der Waals surface area (Å²) in [5, 5.41) is 3.03. The molecule has 10 heteroatoms. The number of hydrogen-bond donors (Lipinski definition) is 1. The molecule has 4 rings (SSSR count). The van der Waals surface area contributed by atoms with Gasteiger partial charge in [-0.15, -0.1) is 0 Å². The second-order valence-corrected chi connectivity index (χ2v) is 14.4. The van der Waals surface area contributed by atoms with Crippen LogP contribution in [0.5, 0.6) is 0 Å². The van der Waals surface area contributed by atoms with E-state index in [-0.39, 0.29) is 40.0 Å². The summed E-state index contributed by atoms with van der Waals surface area (Å²) in [5.74, 6) is 0.325. The molecule has 2 aromatic carbocycles. The van der Waals surface area contributed by atoms with Gasteiger partial charge in [-0.05, 0) is 74.4 Å². The summed E-state index contributed by atoms with van der Waals surface area (Å²) < 4.78 is 55.6. The van der Waals surface area contributed by atoms with E-state index in [0.29, 0.717) is 30.9 Å². The first-order valence-corrected chi connectivity index (χ1v) is 15.9. The molecule has 0 aliphatic carbocycles. The average Bonchev–Trinajstić information content (AvgIpc) is 2.87. The van der Waals surface area contributed by atoms with Crippen molar-refractivity contribution in [3.63, 3.8) is 0 Å². The summed E-state index contributed by atoms with van der Waals surface area (Å²) in [6.07, 6.45) is 3.76. The van der Waals surface area contributed by atoms with Gasteiger partial charge in [-0.1, -0.05) is 32.4 Å². The van der Waals surface area contributed by atoms with E-state index < -0.39 is 20.0 Å². The highest BCUT2D eigenvalue weighted by Gasteiger charge is 2.32. The molecule has 37 heavy (non-hydrogen) atoms. The Hall–Kier alpha value is -2.27. The molecule has 2 aliphatic heterocycles. The summed E-state index contributed by atoms with van der Waals surface area (Å²) in [4.78, 5) is 13.2. The zero-order chi connectivity index (χ0) is 26.8. The Morgan fingerprint density at radius 2 is 1.57 bits per heavy atom. The largest absolute Gasteiger partial charge is 0.378 e. The number of sulfonamides is 2. The van der Waals surface area contributed by atoms with Crippen molar-refractivity contribution < 1.29 is 21.6 Å². The first-order valence-electron chi connectivity index (χ1n) is 13.0. The van der Waals surface area contributed by atoms with Crippen LogP contribution in [0.15, 0.2) is 58.3 Å².